The van der Waals surface area contributed by atoms with E-state index in [-0.39, 0.29) is 35.4 Å². The SMILES string of the molecule is NC(=O)[C@H]1CC[C@@H](n2c(Nc3c(Cl)cc(Cl)cc3Cl)nc3cnc(NC4CCS(=O)(=O)CC4)nc32)CC1. The predicted molar refractivity (Wildman–Crippen MR) is 146 cm³/mol. The minimum Gasteiger partial charge on any atom is -0.369 e. The van der Waals surface area contributed by atoms with E-state index in [0.29, 0.717) is 82.3 Å². The minimum atomic E-state index is -2.98. The summed E-state index contributed by atoms with van der Waals surface area (Å²) in [7, 11) is -2.98. The van der Waals surface area contributed by atoms with Crippen molar-refractivity contribution in [1.29, 1.82) is 0 Å². The smallest absolute Gasteiger partial charge is 0.224 e. The van der Waals surface area contributed by atoms with E-state index in [9.17, 15) is 13.2 Å². The molecule has 14 heteroatoms. The summed E-state index contributed by atoms with van der Waals surface area (Å²) < 4.78 is 25.6. The second kappa shape index (κ2) is 10.4. The van der Waals surface area contributed by atoms with Crippen molar-refractivity contribution < 1.29 is 13.2 Å². The van der Waals surface area contributed by atoms with Gasteiger partial charge in [0.25, 0.3) is 0 Å². The molecule has 10 nitrogen and oxygen atoms in total. The Labute approximate surface area is 229 Å². The summed E-state index contributed by atoms with van der Waals surface area (Å²) in [5.41, 5.74) is 7.18. The predicted octanol–water partition coefficient (Wildman–Crippen LogP) is 4.74. The lowest BCUT2D eigenvalue weighted by Crippen LogP contribution is -2.32. The van der Waals surface area contributed by atoms with Gasteiger partial charge < -0.3 is 16.4 Å². The molecule has 0 radical (unpaired) electrons. The zero-order valence-corrected chi connectivity index (χ0v) is 22.8. The molecule has 1 saturated heterocycles. The normalized spacial score (nSPS) is 22.1. The molecule has 37 heavy (non-hydrogen) atoms. The monoisotopic (exact) mass is 585 g/mol. The highest BCUT2D eigenvalue weighted by molar-refractivity contribution is 7.91. The number of fused-ring (bicyclic) bond motifs is 1. The van der Waals surface area contributed by atoms with Crippen molar-refractivity contribution in [3.05, 3.63) is 33.4 Å². The Morgan fingerprint density at radius 2 is 1.65 bits per heavy atom. The molecule has 0 atom stereocenters. The Hall–Kier alpha value is -2.34. The highest BCUT2D eigenvalue weighted by Crippen LogP contribution is 2.40. The summed E-state index contributed by atoms with van der Waals surface area (Å²) in [6, 6.07) is 3.14. The van der Waals surface area contributed by atoms with Crippen LogP contribution in [0.3, 0.4) is 0 Å². The van der Waals surface area contributed by atoms with Gasteiger partial charge in [-0.05, 0) is 50.7 Å². The molecule has 1 aliphatic carbocycles. The molecule has 0 bridgehead atoms. The standard InChI is InChI=1S/C23H26Cl3N7O3S/c24-13-9-16(25)19(17(26)10-13)31-23-30-18-11-28-22(29-14-5-7-37(35,36)8-6-14)32-21(18)33(23)15-3-1-12(2-4-15)20(27)34/h9-12,14-15H,1-8H2,(H2,27,34)(H,30,31)(H,28,29,32)/t12-,15+. The largest absolute Gasteiger partial charge is 0.369 e. The molecular weight excluding hydrogens is 561 g/mol. The first-order valence-electron chi connectivity index (χ1n) is 12.0. The first-order valence-corrected chi connectivity index (χ1v) is 15.0. The number of primary amides is 1. The third-order valence-corrected chi connectivity index (χ3v) is 9.56. The number of anilines is 3. The van der Waals surface area contributed by atoms with E-state index in [4.69, 9.17) is 50.5 Å². The van der Waals surface area contributed by atoms with Gasteiger partial charge in [-0.2, -0.15) is 4.98 Å². The highest BCUT2D eigenvalue weighted by Gasteiger charge is 2.30. The fraction of sp³-hybridized carbons (Fsp3) is 0.478. The number of carbonyl (C=O) groups is 1. The van der Waals surface area contributed by atoms with Crippen LogP contribution in [0, 0.1) is 5.92 Å². The Bertz CT molecular complexity index is 1420. The number of rotatable bonds is 6. The maximum atomic E-state index is 11.8. The summed E-state index contributed by atoms with van der Waals surface area (Å²) in [5.74, 6) is 0.735. The molecule has 2 aliphatic rings. The molecule has 0 spiro atoms. The molecular formula is C23H26Cl3N7O3S. The van der Waals surface area contributed by atoms with Crippen LogP contribution in [-0.2, 0) is 14.6 Å². The van der Waals surface area contributed by atoms with E-state index in [1.165, 1.54) is 0 Å². The van der Waals surface area contributed by atoms with Gasteiger partial charge in [0.2, 0.25) is 17.8 Å². The quantitative estimate of drug-likeness (QED) is 0.376. The molecule has 1 aliphatic heterocycles. The van der Waals surface area contributed by atoms with Crippen molar-refractivity contribution in [1.82, 2.24) is 19.5 Å². The van der Waals surface area contributed by atoms with Crippen molar-refractivity contribution in [2.75, 3.05) is 22.1 Å². The molecule has 4 N–H and O–H groups in total. The van der Waals surface area contributed by atoms with Crippen LogP contribution in [-0.4, -0.2) is 51.4 Å². The van der Waals surface area contributed by atoms with Crippen LogP contribution < -0.4 is 16.4 Å². The van der Waals surface area contributed by atoms with E-state index in [1.807, 2.05) is 4.57 Å². The molecule has 1 saturated carbocycles. The van der Waals surface area contributed by atoms with E-state index in [2.05, 4.69) is 15.6 Å². The van der Waals surface area contributed by atoms with Crippen molar-refractivity contribution in [3.63, 3.8) is 0 Å². The van der Waals surface area contributed by atoms with Gasteiger partial charge in [-0.15, -0.1) is 0 Å². The van der Waals surface area contributed by atoms with Crippen LogP contribution in [0.25, 0.3) is 11.2 Å². The van der Waals surface area contributed by atoms with Crippen LogP contribution in [0.4, 0.5) is 17.6 Å². The van der Waals surface area contributed by atoms with E-state index in [0.717, 1.165) is 0 Å². The fourth-order valence-corrected chi connectivity index (χ4v) is 7.41. The lowest BCUT2D eigenvalue weighted by atomic mass is 9.85. The average Bonchev–Trinajstić information content (AvgIpc) is 3.20. The van der Waals surface area contributed by atoms with E-state index < -0.39 is 9.84 Å². The molecule has 0 unspecified atom stereocenters. The number of hydrogen-bond donors (Lipinski definition) is 3. The fourth-order valence-electron chi connectivity index (χ4n) is 5.00. The molecule has 2 fully saturated rings. The summed E-state index contributed by atoms with van der Waals surface area (Å²) in [6.07, 6.45) is 5.38. The Morgan fingerprint density at radius 1 is 1.00 bits per heavy atom. The average molecular weight is 587 g/mol. The maximum absolute atomic E-state index is 11.8. The number of nitrogens with zero attached hydrogens (tertiary/aromatic N) is 4. The number of hydrogen-bond acceptors (Lipinski definition) is 8. The number of halogens is 3. The van der Waals surface area contributed by atoms with Gasteiger partial charge in [0.15, 0.2) is 5.65 Å². The molecule has 3 heterocycles. The van der Waals surface area contributed by atoms with Crippen LogP contribution in [0.1, 0.15) is 44.6 Å². The van der Waals surface area contributed by atoms with Gasteiger partial charge in [-0.25, -0.2) is 18.4 Å². The first-order chi connectivity index (χ1) is 17.6. The molecule has 1 aromatic carbocycles. The molecule has 2 aromatic heterocycles. The number of aromatic nitrogens is 4. The lowest BCUT2D eigenvalue weighted by Gasteiger charge is -2.29. The van der Waals surface area contributed by atoms with E-state index in [1.54, 1.807) is 18.3 Å². The summed E-state index contributed by atoms with van der Waals surface area (Å²) in [4.78, 5) is 25.6. The van der Waals surface area contributed by atoms with Gasteiger partial charge in [0.1, 0.15) is 15.4 Å². The Balaban J connectivity index is 1.50. The Morgan fingerprint density at radius 3 is 2.27 bits per heavy atom. The number of amides is 1. The van der Waals surface area contributed by atoms with Gasteiger partial charge in [0.05, 0.1) is 33.4 Å². The molecule has 198 valence electrons. The van der Waals surface area contributed by atoms with Gasteiger partial charge >= 0.3 is 0 Å². The Kier molecular flexibility index (Phi) is 7.41. The van der Waals surface area contributed by atoms with Crippen LogP contribution in [0.2, 0.25) is 15.1 Å². The van der Waals surface area contributed by atoms with Crippen LogP contribution in [0.5, 0.6) is 0 Å². The van der Waals surface area contributed by atoms with Crippen LogP contribution in [0.15, 0.2) is 18.3 Å². The summed E-state index contributed by atoms with van der Waals surface area (Å²) >= 11 is 18.9. The van der Waals surface area contributed by atoms with Crippen molar-refractivity contribution >= 4 is 79.3 Å². The number of nitrogens with two attached hydrogens (primary N) is 1. The topological polar surface area (TPSA) is 145 Å². The first kappa shape index (κ1) is 26.3. The van der Waals surface area contributed by atoms with Crippen molar-refractivity contribution in [3.8, 4) is 0 Å². The van der Waals surface area contributed by atoms with Crippen molar-refractivity contribution in [2.24, 2.45) is 11.7 Å². The van der Waals surface area contributed by atoms with E-state index >= 15 is 0 Å². The minimum absolute atomic E-state index is 0.00414. The van der Waals surface area contributed by atoms with Crippen LogP contribution >= 0.6 is 34.8 Å². The highest BCUT2D eigenvalue weighted by atomic mass is 35.5. The number of benzene rings is 1. The third kappa shape index (κ3) is 5.74. The van der Waals surface area contributed by atoms with Gasteiger partial charge in [-0.3, -0.25) is 9.36 Å². The van der Waals surface area contributed by atoms with Gasteiger partial charge in [-0.1, -0.05) is 34.8 Å². The maximum Gasteiger partial charge on any atom is 0.224 e. The zero-order valence-electron chi connectivity index (χ0n) is 19.8. The third-order valence-electron chi connectivity index (χ3n) is 7.03. The van der Waals surface area contributed by atoms with Gasteiger partial charge in [0, 0.05) is 23.0 Å². The molecule has 3 aromatic rings. The van der Waals surface area contributed by atoms with Crippen molar-refractivity contribution in [2.45, 2.75) is 50.6 Å². The number of sulfone groups is 1. The number of carbonyl (C=O) groups excluding carboxylic acids is 1. The molecule has 5 rings (SSSR count). The zero-order chi connectivity index (χ0) is 26.3. The second-order valence-corrected chi connectivity index (χ2v) is 13.1. The lowest BCUT2D eigenvalue weighted by molar-refractivity contribution is -0.122. The second-order valence-electron chi connectivity index (χ2n) is 9.56. The summed E-state index contributed by atoms with van der Waals surface area (Å²) in [6.45, 7) is 0. The number of imidazole rings is 1. The molecule has 1 amide bonds. The summed E-state index contributed by atoms with van der Waals surface area (Å²) in [5, 5.41) is 7.63. The number of nitrogens with one attached hydrogen (secondary N) is 2.